The third-order valence-corrected chi connectivity index (χ3v) is 3.63. The number of hydrogen-bond donors (Lipinski definition) is 2. The van der Waals surface area contributed by atoms with Gasteiger partial charge in [-0.2, -0.15) is 0 Å². The van der Waals surface area contributed by atoms with Crippen molar-refractivity contribution in [1.29, 1.82) is 0 Å². The molecule has 0 spiro atoms. The van der Waals surface area contributed by atoms with Crippen molar-refractivity contribution in [3.05, 3.63) is 35.9 Å². The number of morpholine rings is 1. The van der Waals surface area contributed by atoms with Gasteiger partial charge in [-0.25, -0.2) is 0 Å². The number of hydrogen-bond acceptors (Lipinski definition) is 4. The van der Waals surface area contributed by atoms with Crippen LogP contribution in [0.15, 0.2) is 30.3 Å². The molecule has 0 saturated carbocycles. The van der Waals surface area contributed by atoms with E-state index < -0.39 is 0 Å². The summed E-state index contributed by atoms with van der Waals surface area (Å²) in [6, 6.07) is 9.63. The van der Waals surface area contributed by atoms with Crippen molar-refractivity contribution in [3.63, 3.8) is 0 Å². The van der Waals surface area contributed by atoms with Gasteiger partial charge in [0.15, 0.2) is 0 Å². The van der Waals surface area contributed by atoms with Gasteiger partial charge in [-0.15, -0.1) is 0 Å². The Balaban J connectivity index is 2.08. The van der Waals surface area contributed by atoms with Gasteiger partial charge in [-0.3, -0.25) is 0 Å². The quantitative estimate of drug-likeness (QED) is 0.864. The lowest BCUT2D eigenvalue weighted by Gasteiger charge is -2.29. The Hall–Kier alpha value is -1.78. The number of fused-ring (bicyclic) bond motifs is 1. The summed E-state index contributed by atoms with van der Waals surface area (Å²) < 4.78 is 5.35. The van der Waals surface area contributed by atoms with Gasteiger partial charge in [0.25, 0.3) is 0 Å². The summed E-state index contributed by atoms with van der Waals surface area (Å²) in [6.07, 6.45) is 0. The van der Waals surface area contributed by atoms with Crippen LogP contribution in [0.5, 0.6) is 5.75 Å². The fraction of sp³-hybridized carbons (Fsp3) is 0.333. The van der Waals surface area contributed by atoms with E-state index in [0.717, 1.165) is 42.8 Å². The van der Waals surface area contributed by atoms with E-state index in [2.05, 4.69) is 11.0 Å². The van der Waals surface area contributed by atoms with Gasteiger partial charge < -0.3 is 19.8 Å². The minimum absolute atomic E-state index is 0.147. The molecule has 0 bridgehead atoms. The Bertz CT molecular complexity index is 591. The summed E-state index contributed by atoms with van der Waals surface area (Å²) >= 11 is 0. The molecule has 4 nitrogen and oxygen atoms in total. The molecule has 4 heteroatoms. The Morgan fingerprint density at radius 3 is 2.58 bits per heavy atom. The summed E-state index contributed by atoms with van der Waals surface area (Å²) in [4.78, 5) is 2.26. The molecule has 0 aromatic heterocycles. The fourth-order valence-corrected chi connectivity index (χ4v) is 2.54. The zero-order valence-corrected chi connectivity index (χ0v) is 10.7. The number of phenols is 1. The molecule has 2 aromatic carbocycles. The van der Waals surface area contributed by atoms with E-state index in [1.165, 1.54) is 0 Å². The smallest absolute Gasteiger partial charge is 0.121 e. The Kier molecular flexibility index (Phi) is 3.27. The first-order valence-corrected chi connectivity index (χ1v) is 6.48. The van der Waals surface area contributed by atoms with Crippen molar-refractivity contribution in [2.24, 2.45) is 0 Å². The molecule has 3 rings (SSSR count). The number of benzene rings is 2. The maximum atomic E-state index is 9.82. The molecular weight excluding hydrogens is 242 g/mol. The molecule has 1 heterocycles. The maximum absolute atomic E-state index is 9.82. The average molecular weight is 259 g/mol. The van der Waals surface area contributed by atoms with Crippen molar-refractivity contribution in [2.45, 2.75) is 6.61 Å². The Morgan fingerprint density at radius 1 is 1.11 bits per heavy atom. The van der Waals surface area contributed by atoms with Crippen LogP contribution in [0.3, 0.4) is 0 Å². The highest BCUT2D eigenvalue weighted by Gasteiger charge is 2.13. The highest BCUT2D eigenvalue weighted by Crippen LogP contribution is 2.30. The van der Waals surface area contributed by atoms with Gasteiger partial charge in [0.2, 0.25) is 0 Å². The maximum Gasteiger partial charge on any atom is 0.121 e. The predicted molar refractivity (Wildman–Crippen MR) is 74.6 cm³/mol. The zero-order valence-electron chi connectivity index (χ0n) is 10.7. The van der Waals surface area contributed by atoms with Crippen molar-refractivity contribution >= 4 is 16.5 Å². The fourth-order valence-electron chi connectivity index (χ4n) is 2.54. The third kappa shape index (κ3) is 2.25. The summed E-state index contributed by atoms with van der Waals surface area (Å²) in [5.41, 5.74) is 1.70. The number of anilines is 1. The van der Waals surface area contributed by atoms with Crippen molar-refractivity contribution < 1.29 is 14.9 Å². The number of rotatable bonds is 2. The van der Waals surface area contributed by atoms with E-state index in [1.54, 1.807) is 6.07 Å². The SMILES string of the molecule is OCc1c(O)ccc2ccc(N3CCOCC3)cc12. The van der Waals surface area contributed by atoms with E-state index in [1.807, 2.05) is 18.2 Å². The van der Waals surface area contributed by atoms with Crippen LogP contribution >= 0.6 is 0 Å². The molecule has 1 fully saturated rings. The summed E-state index contributed by atoms with van der Waals surface area (Å²) in [6.45, 7) is 3.07. The molecule has 100 valence electrons. The van der Waals surface area contributed by atoms with Crippen LogP contribution < -0.4 is 4.90 Å². The number of ether oxygens (including phenoxy) is 1. The molecule has 19 heavy (non-hydrogen) atoms. The molecule has 2 N–H and O–H groups in total. The van der Waals surface area contributed by atoms with Crippen LogP contribution in [0.4, 0.5) is 5.69 Å². The Labute approximate surface area is 111 Å². The van der Waals surface area contributed by atoms with E-state index in [4.69, 9.17) is 4.74 Å². The molecule has 1 aliphatic rings. The molecule has 0 radical (unpaired) electrons. The van der Waals surface area contributed by atoms with Crippen LogP contribution in [-0.2, 0) is 11.3 Å². The lowest BCUT2D eigenvalue weighted by Crippen LogP contribution is -2.36. The first kappa shape index (κ1) is 12.3. The number of aliphatic hydroxyl groups excluding tert-OH is 1. The second-order valence-corrected chi connectivity index (χ2v) is 4.73. The van der Waals surface area contributed by atoms with Gasteiger partial charge >= 0.3 is 0 Å². The minimum atomic E-state index is -0.157. The first-order chi connectivity index (χ1) is 9.29. The second-order valence-electron chi connectivity index (χ2n) is 4.73. The van der Waals surface area contributed by atoms with Gasteiger partial charge in [0, 0.05) is 24.3 Å². The first-order valence-electron chi connectivity index (χ1n) is 6.48. The molecule has 0 aliphatic carbocycles. The Morgan fingerprint density at radius 2 is 1.84 bits per heavy atom. The lowest BCUT2D eigenvalue weighted by molar-refractivity contribution is 0.122. The molecule has 2 aromatic rings. The van der Waals surface area contributed by atoms with Gasteiger partial charge in [-0.1, -0.05) is 12.1 Å². The summed E-state index contributed by atoms with van der Waals surface area (Å²) in [5, 5.41) is 21.2. The van der Waals surface area contributed by atoms with Gasteiger partial charge in [0.1, 0.15) is 5.75 Å². The van der Waals surface area contributed by atoms with Crippen LogP contribution in [-0.4, -0.2) is 36.5 Å². The van der Waals surface area contributed by atoms with Crippen molar-refractivity contribution in [3.8, 4) is 5.75 Å². The zero-order chi connectivity index (χ0) is 13.2. The highest BCUT2D eigenvalue weighted by atomic mass is 16.5. The van der Waals surface area contributed by atoms with Crippen molar-refractivity contribution in [2.75, 3.05) is 31.2 Å². The highest BCUT2D eigenvalue weighted by molar-refractivity contribution is 5.90. The van der Waals surface area contributed by atoms with E-state index in [9.17, 15) is 10.2 Å². The molecule has 0 unspecified atom stereocenters. The average Bonchev–Trinajstić information content (AvgIpc) is 2.47. The van der Waals surface area contributed by atoms with E-state index >= 15 is 0 Å². The second kappa shape index (κ2) is 5.07. The van der Waals surface area contributed by atoms with Gasteiger partial charge in [0.05, 0.1) is 19.8 Å². The van der Waals surface area contributed by atoms with Crippen LogP contribution in [0.2, 0.25) is 0 Å². The summed E-state index contributed by atoms with van der Waals surface area (Å²) in [7, 11) is 0. The van der Waals surface area contributed by atoms with Crippen LogP contribution in [0.25, 0.3) is 10.8 Å². The standard InChI is InChI=1S/C15H17NO3/c17-10-14-13-9-12(16-5-7-19-8-6-16)3-1-11(13)2-4-15(14)18/h1-4,9,17-18H,5-8,10H2. The summed E-state index contributed by atoms with van der Waals surface area (Å²) in [5.74, 6) is 0.147. The number of aliphatic hydroxyl groups is 1. The monoisotopic (exact) mass is 259 g/mol. The van der Waals surface area contributed by atoms with Crippen LogP contribution in [0.1, 0.15) is 5.56 Å². The largest absolute Gasteiger partial charge is 0.508 e. The number of nitrogens with zero attached hydrogens (tertiary/aromatic N) is 1. The molecule has 1 saturated heterocycles. The molecule has 1 aliphatic heterocycles. The molecular formula is C15H17NO3. The minimum Gasteiger partial charge on any atom is -0.508 e. The van der Waals surface area contributed by atoms with E-state index in [-0.39, 0.29) is 12.4 Å². The number of aromatic hydroxyl groups is 1. The third-order valence-electron chi connectivity index (χ3n) is 3.63. The van der Waals surface area contributed by atoms with Crippen LogP contribution in [0, 0.1) is 0 Å². The lowest BCUT2D eigenvalue weighted by atomic mass is 10.0. The molecule has 0 amide bonds. The normalized spacial score (nSPS) is 15.9. The molecule has 0 atom stereocenters. The van der Waals surface area contributed by atoms with E-state index in [0.29, 0.717) is 5.56 Å². The van der Waals surface area contributed by atoms with Gasteiger partial charge in [-0.05, 0) is 29.0 Å². The predicted octanol–water partition coefficient (Wildman–Crippen LogP) is 1.87. The topological polar surface area (TPSA) is 52.9 Å². The van der Waals surface area contributed by atoms with Crippen molar-refractivity contribution in [1.82, 2.24) is 0 Å².